The summed E-state index contributed by atoms with van der Waals surface area (Å²) in [5, 5.41) is 9.00. The highest BCUT2D eigenvalue weighted by atomic mass is 16.5. The standard InChI is InChI=1S/C20H25N5O4.C13H21N5O3/c1-3-4-11-29-19-23-17(21)16-18(24-19)25(20(22-16)27-2)10-5-12-28-15-8-6-14(13-26)7-9-15;1-3-4-8-21-12-16-10(14)9-11(17-12)18(6-5-7-19)13(15-9)20-2/h6-9,13H,3-5,10-12H2,1-2H3,(H2,21,23,24);19H,3-8H2,1-2H3,(H2,14,16,17). The molecule has 5 aromatic rings. The molecule has 5 N–H and O–H groups in total. The van der Waals surface area contributed by atoms with E-state index >= 15 is 0 Å². The number of hydrogen-bond donors (Lipinski definition) is 3. The monoisotopic (exact) mass is 694 g/mol. The van der Waals surface area contributed by atoms with Crippen LogP contribution in [0.2, 0.25) is 0 Å². The number of imidazole rings is 2. The third-order valence-electron chi connectivity index (χ3n) is 7.31. The van der Waals surface area contributed by atoms with Crippen LogP contribution in [0.5, 0.6) is 29.8 Å². The smallest absolute Gasteiger partial charge is 0.320 e. The molecule has 0 atom stereocenters. The Hall–Kier alpha value is -5.45. The molecule has 0 fully saturated rings. The van der Waals surface area contributed by atoms with Crippen LogP contribution in [0, 0.1) is 0 Å². The molecule has 0 bridgehead atoms. The number of aryl methyl sites for hydroxylation is 2. The van der Waals surface area contributed by atoms with Crippen LogP contribution in [-0.2, 0) is 13.1 Å². The molecule has 5 rings (SSSR count). The van der Waals surface area contributed by atoms with Gasteiger partial charge in [-0.1, -0.05) is 26.7 Å². The number of ether oxygens (including phenoxy) is 5. The van der Waals surface area contributed by atoms with Crippen LogP contribution in [0.15, 0.2) is 24.3 Å². The summed E-state index contributed by atoms with van der Waals surface area (Å²) in [5.41, 5.74) is 14.6. The summed E-state index contributed by atoms with van der Waals surface area (Å²) in [6, 6.07) is 8.24. The third-order valence-corrected chi connectivity index (χ3v) is 7.31. The number of hydrogen-bond acceptors (Lipinski definition) is 15. The summed E-state index contributed by atoms with van der Waals surface area (Å²) < 4.78 is 31.0. The van der Waals surface area contributed by atoms with Crippen molar-refractivity contribution in [3.8, 4) is 29.8 Å². The van der Waals surface area contributed by atoms with Crippen molar-refractivity contribution in [3.63, 3.8) is 0 Å². The Labute approximate surface area is 289 Å². The zero-order valence-corrected chi connectivity index (χ0v) is 29.0. The molecular weight excluding hydrogens is 648 g/mol. The number of nitrogens with two attached hydrogens (primary N) is 2. The van der Waals surface area contributed by atoms with E-state index in [9.17, 15) is 4.79 Å². The van der Waals surface area contributed by atoms with Crippen molar-refractivity contribution in [1.82, 2.24) is 39.0 Å². The van der Waals surface area contributed by atoms with Crippen molar-refractivity contribution in [3.05, 3.63) is 29.8 Å². The number of aliphatic hydroxyl groups is 1. The fraction of sp³-hybridized carbons (Fsp3) is 0.485. The van der Waals surface area contributed by atoms with Crippen LogP contribution in [0.4, 0.5) is 11.6 Å². The van der Waals surface area contributed by atoms with Crippen molar-refractivity contribution in [1.29, 1.82) is 0 Å². The van der Waals surface area contributed by atoms with Crippen LogP contribution in [0.3, 0.4) is 0 Å². The van der Waals surface area contributed by atoms with Crippen molar-refractivity contribution in [2.24, 2.45) is 0 Å². The molecule has 17 heteroatoms. The lowest BCUT2D eigenvalue weighted by Crippen LogP contribution is -2.08. The lowest BCUT2D eigenvalue weighted by Gasteiger charge is -2.10. The van der Waals surface area contributed by atoms with Crippen molar-refractivity contribution in [2.45, 2.75) is 65.5 Å². The summed E-state index contributed by atoms with van der Waals surface area (Å²) >= 11 is 0. The zero-order chi connectivity index (χ0) is 35.9. The maximum atomic E-state index is 10.7. The van der Waals surface area contributed by atoms with E-state index in [0.29, 0.717) is 91.4 Å². The van der Waals surface area contributed by atoms with E-state index in [1.807, 2.05) is 4.57 Å². The van der Waals surface area contributed by atoms with Gasteiger partial charge in [-0.3, -0.25) is 13.9 Å². The van der Waals surface area contributed by atoms with Crippen LogP contribution < -0.4 is 35.2 Å². The van der Waals surface area contributed by atoms with Crippen LogP contribution in [0.1, 0.15) is 62.7 Å². The minimum absolute atomic E-state index is 0.0727. The fourth-order valence-electron chi connectivity index (χ4n) is 4.71. The van der Waals surface area contributed by atoms with E-state index in [1.54, 1.807) is 35.9 Å². The average Bonchev–Trinajstić information content (AvgIpc) is 3.68. The Morgan fingerprint density at radius 1 is 0.680 bits per heavy atom. The second-order valence-corrected chi connectivity index (χ2v) is 11.0. The van der Waals surface area contributed by atoms with Gasteiger partial charge in [0.1, 0.15) is 12.0 Å². The summed E-state index contributed by atoms with van der Waals surface area (Å²) in [6.45, 7) is 6.88. The van der Waals surface area contributed by atoms with Crippen LogP contribution in [-0.4, -0.2) is 91.1 Å². The summed E-state index contributed by atoms with van der Waals surface area (Å²) in [6.07, 6.45) is 5.93. The maximum Gasteiger partial charge on any atom is 0.320 e. The van der Waals surface area contributed by atoms with Gasteiger partial charge in [0.15, 0.2) is 34.0 Å². The van der Waals surface area contributed by atoms with Crippen LogP contribution in [0.25, 0.3) is 22.3 Å². The molecule has 17 nitrogen and oxygen atoms in total. The van der Waals surface area contributed by atoms with Gasteiger partial charge in [-0.25, -0.2) is 0 Å². The molecule has 0 aliphatic rings. The number of aliphatic hydroxyl groups excluding tert-OH is 1. The van der Waals surface area contributed by atoms with Gasteiger partial charge in [0, 0.05) is 25.3 Å². The molecule has 0 radical (unpaired) electrons. The molecule has 0 aliphatic heterocycles. The number of nitrogens with zero attached hydrogens (tertiary/aromatic N) is 8. The molecule has 0 aliphatic carbocycles. The first kappa shape index (κ1) is 37.4. The van der Waals surface area contributed by atoms with Gasteiger partial charge in [-0.05, 0) is 49.9 Å². The van der Waals surface area contributed by atoms with Gasteiger partial charge in [0.05, 0.1) is 34.0 Å². The van der Waals surface area contributed by atoms with Gasteiger partial charge < -0.3 is 40.3 Å². The van der Waals surface area contributed by atoms with E-state index in [1.165, 1.54) is 7.11 Å². The highest BCUT2D eigenvalue weighted by molar-refractivity contribution is 5.84. The van der Waals surface area contributed by atoms with Crippen molar-refractivity contribution >= 4 is 40.2 Å². The number of nitrogen functional groups attached to an aromatic ring is 2. The minimum Gasteiger partial charge on any atom is -0.494 e. The number of aldehydes is 1. The molecule has 0 saturated heterocycles. The quantitative estimate of drug-likeness (QED) is 0.0825. The Kier molecular flexibility index (Phi) is 14.1. The first-order chi connectivity index (χ1) is 24.4. The summed E-state index contributed by atoms with van der Waals surface area (Å²) in [5.74, 6) is 1.22. The van der Waals surface area contributed by atoms with E-state index in [-0.39, 0.29) is 30.3 Å². The zero-order valence-electron chi connectivity index (χ0n) is 29.0. The molecule has 0 amide bonds. The van der Waals surface area contributed by atoms with E-state index in [2.05, 4.69) is 43.8 Å². The highest BCUT2D eigenvalue weighted by Gasteiger charge is 2.19. The summed E-state index contributed by atoms with van der Waals surface area (Å²) in [4.78, 5) is 36.5. The molecule has 1 aromatic carbocycles. The van der Waals surface area contributed by atoms with Crippen LogP contribution >= 0.6 is 0 Å². The number of methoxy groups -OCH3 is 2. The third kappa shape index (κ3) is 9.58. The topological polar surface area (TPSA) is 223 Å². The molecule has 50 heavy (non-hydrogen) atoms. The molecule has 0 unspecified atom stereocenters. The molecule has 0 saturated carbocycles. The second kappa shape index (κ2) is 18.9. The van der Waals surface area contributed by atoms with E-state index in [4.69, 9.17) is 40.3 Å². The molecule has 4 heterocycles. The maximum absolute atomic E-state index is 10.7. The number of anilines is 2. The van der Waals surface area contributed by atoms with Crippen molar-refractivity contribution in [2.75, 3.05) is 52.1 Å². The predicted molar refractivity (Wildman–Crippen MR) is 187 cm³/mol. The predicted octanol–water partition coefficient (Wildman–Crippen LogP) is 3.86. The minimum atomic E-state index is 0.0727. The number of carbonyl (C=O) groups is 1. The first-order valence-electron chi connectivity index (χ1n) is 16.6. The average molecular weight is 695 g/mol. The Morgan fingerprint density at radius 2 is 1.16 bits per heavy atom. The van der Waals surface area contributed by atoms with E-state index in [0.717, 1.165) is 32.0 Å². The number of unbranched alkanes of at least 4 members (excludes halogenated alkanes) is 2. The first-order valence-corrected chi connectivity index (χ1v) is 16.6. The Balaban J connectivity index is 0.000000237. The number of aromatic nitrogens is 8. The lowest BCUT2D eigenvalue weighted by molar-refractivity contribution is 0.112. The van der Waals surface area contributed by atoms with E-state index < -0.39 is 0 Å². The van der Waals surface area contributed by atoms with Gasteiger partial charge >= 0.3 is 12.0 Å². The van der Waals surface area contributed by atoms with Gasteiger partial charge in [-0.15, -0.1) is 0 Å². The largest absolute Gasteiger partial charge is 0.494 e. The van der Waals surface area contributed by atoms with Gasteiger partial charge in [0.2, 0.25) is 0 Å². The highest BCUT2D eigenvalue weighted by Crippen LogP contribution is 2.27. The SMILES string of the molecule is CCCCOc1nc(N)c2nc(OC)n(CCCO)c2n1.CCCCOc1nc(N)c2nc(OC)n(CCCOc3ccc(C=O)cc3)c2n1. The van der Waals surface area contributed by atoms with Crippen molar-refractivity contribution < 1.29 is 33.6 Å². The Bertz CT molecular complexity index is 1810. The number of benzene rings is 1. The number of carbonyl (C=O) groups excluding carboxylic acids is 1. The molecule has 0 spiro atoms. The van der Waals surface area contributed by atoms with Gasteiger partial charge in [-0.2, -0.15) is 29.9 Å². The summed E-state index contributed by atoms with van der Waals surface area (Å²) in [7, 11) is 3.07. The molecule has 270 valence electrons. The molecule has 4 aromatic heterocycles. The number of fused-ring (bicyclic) bond motifs is 2. The number of rotatable bonds is 19. The molecular formula is C33H46N10O7. The lowest BCUT2D eigenvalue weighted by atomic mass is 10.2. The Morgan fingerprint density at radius 3 is 1.60 bits per heavy atom. The normalized spacial score (nSPS) is 10.9. The fourth-order valence-corrected chi connectivity index (χ4v) is 4.71. The second-order valence-electron chi connectivity index (χ2n) is 11.0. The van der Waals surface area contributed by atoms with Gasteiger partial charge in [0.25, 0.3) is 12.0 Å².